The molecule has 0 atom stereocenters. The molecule has 0 radical (unpaired) electrons. The van der Waals surface area contributed by atoms with Crippen molar-refractivity contribution in [2.45, 2.75) is 13.8 Å². The van der Waals surface area contributed by atoms with Crippen molar-refractivity contribution >= 4 is 45.0 Å². The number of anilines is 1. The quantitative estimate of drug-likeness (QED) is 0.385. The molecule has 0 fully saturated rings. The first kappa shape index (κ1) is 26.7. The normalized spacial score (nSPS) is 11.9. The minimum absolute atomic E-state index is 0. The summed E-state index contributed by atoms with van der Waals surface area (Å²) in [5.74, 6) is 2.42. The first-order valence-electron chi connectivity index (χ1n) is 11.1. The number of carbonyl (C=O) groups excluding carboxylic acids is 1. The maximum Gasteiger partial charge on any atom is 0.260 e. The van der Waals surface area contributed by atoms with Crippen molar-refractivity contribution < 1.29 is 28.5 Å². The summed E-state index contributed by atoms with van der Waals surface area (Å²) in [4.78, 5) is 22.6. The molecule has 1 aliphatic rings. The molecular formula is C24H30ClN3O6S. The van der Waals surface area contributed by atoms with E-state index in [1.807, 2.05) is 12.1 Å². The average molecular weight is 524 g/mol. The Morgan fingerprint density at radius 3 is 2.17 bits per heavy atom. The molecule has 9 nitrogen and oxygen atoms in total. The number of amides is 1. The number of hydrogen-bond acceptors (Lipinski definition) is 9. The maximum atomic E-state index is 13.8. The summed E-state index contributed by atoms with van der Waals surface area (Å²) in [6.45, 7) is 7.39. The summed E-state index contributed by atoms with van der Waals surface area (Å²) < 4.78 is 28.2. The molecule has 1 amide bonds. The van der Waals surface area contributed by atoms with Crippen LogP contribution in [0.3, 0.4) is 0 Å². The fourth-order valence-corrected chi connectivity index (χ4v) is 4.85. The van der Waals surface area contributed by atoms with Crippen LogP contribution in [0.2, 0.25) is 0 Å². The molecule has 35 heavy (non-hydrogen) atoms. The topological polar surface area (TPSA) is 82.6 Å². The first-order chi connectivity index (χ1) is 16.5. The lowest BCUT2D eigenvalue weighted by Gasteiger charge is -2.25. The minimum Gasteiger partial charge on any atom is -0.493 e. The zero-order valence-corrected chi connectivity index (χ0v) is 22.1. The van der Waals surface area contributed by atoms with Crippen LogP contribution in [0, 0.1) is 0 Å². The second-order valence-electron chi connectivity index (χ2n) is 7.57. The van der Waals surface area contributed by atoms with Crippen LogP contribution < -0.4 is 28.6 Å². The van der Waals surface area contributed by atoms with Crippen LogP contribution in [0.15, 0.2) is 24.3 Å². The molecule has 0 aliphatic carbocycles. The van der Waals surface area contributed by atoms with Crippen molar-refractivity contribution in [1.29, 1.82) is 0 Å². The van der Waals surface area contributed by atoms with Crippen LogP contribution in [0.25, 0.3) is 10.2 Å². The van der Waals surface area contributed by atoms with Gasteiger partial charge < -0.3 is 28.6 Å². The van der Waals surface area contributed by atoms with Gasteiger partial charge in [-0.3, -0.25) is 9.69 Å². The van der Waals surface area contributed by atoms with Gasteiger partial charge in [-0.1, -0.05) is 25.2 Å². The molecule has 1 aliphatic heterocycles. The number of thiazole rings is 1. The third-order valence-corrected chi connectivity index (χ3v) is 6.83. The van der Waals surface area contributed by atoms with Gasteiger partial charge >= 0.3 is 0 Å². The van der Waals surface area contributed by atoms with Gasteiger partial charge in [-0.15, -0.1) is 12.4 Å². The molecule has 0 bridgehead atoms. The summed E-state index contributed by atoms with van der Waals surface area (Å²) in [6, 6.07) is 7.09. The van der Waals surface area contributed by atoms with Gasteiger partial charge in [0.25, 0.3) is 5.91 Å². The summed E-state index contributed by atoms with van der Waals surface area (Å²) in [7, 11) is 4.59. The summed E-state index contributed by atoms with van der Waals surface area (Å²) in [6.07, 6.45) is 0. The number of ether oxygens (including phenoxy) is 5. The Morgan fingerprint density at radius 1 is 0.971 bits per heavy atom. The number of hydrogen-bond donors (Lipinski definition) is 0. The monoisotopic (exact) mass is 523 g/mol. The standard InChI is InChI=1S/C24H29N3O6S.ClH/c1-6-26(7-2)8-9-27(23(28)15-10-19(29-3)22(31-5)20(11-15)30-4)24-25-16-12-17-18(33-14-32-17)13-21(16)34-24;/h10-13H,6-9,14H2,1-5H3;1H. The second kappa shape index (κ2) is 11.7. The average Bonchev–Trinajstić information content (AvgIpc) is 3.49. The maximum absolute atomic E-state index is 13.8. The van der Waals surface area contributed by atoms with Crippen molar-refractivity contribution in [3.05, 3.63) is 29.8 Å². The third-order valence-electron chi connectivity index (χ3n) is 5.79. The fourth-order valence-electron chi connectivity index (χ4n) is 3.85. The van der Waals surface area contributed by atoms with E-state index in [1.165, 1.54) is 32.7 Å². The highest BCUT2D eigenvalue weighted by Gasteiger charge is 2.26. The van der Waals surface area contributed by atoms with Crippen molar-refractivity contribution in [3.8, 4) is 28.7 Å². The SMILES string of the molecule is CCN(CC)CCN(C(=O)c1cc(OC)c(OC)c(OC)c1)c1nc2cc3c(cc2s1)OCO3.Cl. The van der Waals surface area contributed by atoms with Gasteiger partial charge in [-0.25, -0.2) is 4.98 Å². The van der Waals surface area contributed by atoms with E-state index in [9.17, 15) is 4.79 Å². The number of likely N-dealkylation sites (N-methyl/N-ethyl adjacent to an activating group) is 1. The van der Waals surface area contributed by atoms with E-state index >= 15 is 0 Å². The molecule has 190 valence electrons. The number of aromatic nitrogens is 1. The number of carbonyl (C=O) groups is 1. The lowest BCUT2D eigenvalue weighted by atomic mass is 10.1. The van der Waals surface area contributed by atoms with Gasteiger partial charge in [0.05, 0.1) is 31.5 Å². The molecule has 0 unspecified atom stereocenters. The third kappa shape index (κ3) is 5.34. The molecule has 3 aromatic rings. The van der Waals surface area contributed by atoms with Crippen LogP contribution in [0.4, 0.5) is 5.13 Å². The van der Waals surface area contributed by atoms with Crippen molar-refractivity contribution in [2.75, 3.05) is 59.2 Å². The van der Waals surface area contributed by atoms with E-state index in [0.717, 1.165) is 23.3 Å². The van der Waals surface area contributed by atoms with Crippen LogP contribution in [-0.2, 0) is 0 Å². The van der Waals surface area contributed by atoms with Gasteiger partial charge in [0.15, 0.2) is 28.1 Å². The fraction of sp³-hybridized carbons (Fsp3) is 0.417. The molecular weight excluding hydrogens is 494 g/mol. The summed E-state index contributed by atoms with van der Waals surface area (Å²) in [5, 5.41) is 0.601. The van der Waals surface area contributed by atoms with Gasteiger partial charge in [-0.2, -0.15) is 0 Å². The van der Waals surface area contributed by atoms with Crippen molar-refractivity contribution in [3.63, 3.8) is 0 Å². The molecule has 0 saturated carbocycles. The van der Waals surface area contributed by atoms with Gasteiger partial charge in [0.2, 0.25) is 12.5 Å². The van der Waals surface area contributed by atoms with Gasteiger partial charge in [-0.05, 0) is 25.2 Å². The molecule has 0 spiro atoms. The Morgan fingerprint density at radius 2 is 1.60 bits per heavy atom. The van der Waals surface area contributed by atoms with Crippen molar-refractivity contribution in [1.82, 2.24) is 9.88 Å². The molecule has 2 heterocycles. The number of benzene rings is 2. The number of nitrogens with zero attached hydrogens (tertiary/aromatic N) is 3. The Kier molecular flexibility index (Phi) is 8.87. The van der Waals surface area contributed by atoms with Gasteiger partial charge in [0.1, 0.15) is 0 Å². The Labute approximate surface area is 214 Å². The van der Waals surface area contributed by atoms with E-state index in [-0.39, 0.29) is 25.1 Å². The number of rotatable bonds is 10. The molecule has 0 N–H and O–H groups in total. The highest BCUT2D eigenvalue weighted by atomic mass is 35.5. The second-order valence-corrected chi connectivity index (χ2v) is 8.58. The number of halogens is 1. The van der Waals surface area contributed by atoms with E-state index in [1.54, 1.807) is 17.0 Å². The van der Waals surface area contributed by atoms with E-state index in [4.69, 9.17) is 28.7 Å². The first-order valence-corrected chi connectivity index (χ1v) is 11.9. The Balaban J connectivity index is 0.00000342. The Bertz CT molecular complexity index is 1120. The van der Waals surface area contributed by atoms with E-state index < -0.39 is 0 Å². The zero-order valence-electron chi connectivity index (χ0n) is 20.5. The van der Waals surface area contributed by atoms with Gasteiger partial charge in [0, 0.05) is 30.8 Å². The lowest BCUT2D eigenvalue weighted by molar-refractivity contribution is 0.0983. The molecule has 1 aromatic heterocycles. The largest absolute Gasteiger partial charge is 0.493 e. The van der Waals surface area contributed by atoms with E-state index in [2.05, 4.69) is 18.7 Å². The minimum atomic E-state index is -0.203. The van der Waals surface area contributed by atoms with Crippen LogP contribution >= 0.6 is 23.7 Å². The summed E-state index contributed by atoms with van der Waals surface area (Å²) >= 11 is 1.44. The summed E-state index contributed by atoms with van der Waals surface area (Å²) in [5.41, 5.74) is 1.18. The molecule has 4 rings (SSSR count). The number of fused-ring (bicyclic) bond motifs is 2. The van der Waals surface area contributed by atoms with E-state index in [0.29, 0.717) is 52.5 Å². The number of methoxy groups -OCH3 is 3. The van der Waals surface area contributed by atoms with Crippen LogP contribution in [0.1, 0.15) is 24.2 Å². The smallest absolute Gasteiger partial charge is 0.260 e. The molecule has 11 heteroatoms. The predicted octanol–water partition coefficient (Wildman–Crippen LogP) is 4.46. The van der Waals surface area contributed by atoms with Crippen LogP contribution in [-0.4, -0.2) is 70.1 Å². The Hall–Kier alpha value is -2.95. The van der Waals surface area contributed by atoms with Crippen LogP contribution in [0.5, 0.6) is 28.7 Å². The lowest BCUT2D eigenvalue weighted by Crippen LogP contribution is -2.38. The predicted molar refractivity (Wildman–Crippen MR) is 139 cm³/mol. The zero-order chi connectivity index (χ0) is 24.2. The molecule has 2 aromatic carbocycles. The highest BCUT2D eigenvalue weighted by molar-refractivity contribution is 7.22. The van der Waals surface area contributed by atoms with Crippen molar-refractivity contribution in [2.24, 2.45) is 0 Å². The molecule has 0 saturated heterocycles. The highest BCUT2D eigenvalue weighted by Crippen LogP contribution is 2.41.